The Hall–Kier alpha value is -3.28. The van der Waals surface area contributed by atoms with Crippen molar-refractivity contribution < 1.29 is 13.9 Å². The summed E-state index contributed by atoms with van der Waals surface area (Å²) in [6, 6.07) is 13.8. The molecule has 0 unspecified atom stereocenters. The zero-order valence-electron chi connectivity index (χ0n) is 15.7. The number of carbonyl (C=O) groups excluding carboxylic acids is 1. The van der Waals surface area contributed by atoms with E-state index in [1.54, 1.807) is 19.2 Å². The number of ketones is 1. The third kappa shape index (κ3) is 3.58. The highest BCUT2D eigenvalue weighted by molar-refractivity contribution is 5.99. The van der Waals surface area contributed by atoms with E-state index >= 15 is 0 Å². The summed E-state index contributed by atoms with van der Waals surface area (Å²) in [4.78, 5) is 21.8. The molecule has 28 heavy (non-hydrogen) atoms. The number of ether oxygens (including phenoxy) is 1. The fraction of sp³-hybridized carbons (Fsp3) is 0.227. The van der Waals surface area contributed by atoms with E-state index < -0.39 is 0 Å². The smallest absolute Gasteiger partial charge is 0.227 e. The van der Waals surface area contributed by atoms with Gasteiger partial charge in [0.15, 0.2) is 5.78 Å². The van der Waals surface area contributed by atoms with E-state index in [0.717, 1.165) is 22.7 Å². The Morgan fingerprint density at radius 3 is 2.43 bits per heavy atom. The maximum atomic E-state index is 13.2. The van der Waals surface area contributed by atoms with Gasteiger partial charge in [-0.15, -0.1) is 0 Å². The van der Waals surface area contributed by atoms with Crippen molar-refractivity contribution in [2.45, 2.75) is 25.7 Å². The predicted octanol–water partition coefficient (Wildman–Crippen LogP) is 4.59. The van der Waals surface area contributed by atoms with Crippen molar-refractivity contribution >= 4 is 17.4 Å². The van der Waals surface area contributed by atoms with Crippen molar-refractivity contribution in [2.24, 2.45) is 0 Å². The minimum absolute atomic E-state index is 0.0104. The van der Waals surface area contributed by atoms with Gasteiger partial charge in [0.1, 0.15) is 11.6 Å². The van der Waals surface area contributed by atoms with Crippen LogP contribution in [0.1, 0.15) is 39.6 Å². The summed E-state index contributed by atoms with van der Waals surface area (Å²) in [5, 5.41) is 3.18. The van der Waals surface area contributed by atoms with Crippen LogP contribution < -0.4 is 10.1 Å². The fourth-order valence-corrected chi connectivity index (χ4v) is 3.60. The number of hydrogen-bond donors (Lipinski definition) is 1. The SMILES string of the molecule is COc1ccc(Nc2nc(C)c3c(n2)C[C@@H](c2ccc(F)cc2)CC3=O)cc1. The van der Waals surface area contributed by atoms with Crippen molar-refractivity contribution in [1.82, 2.24) is 9.97 Å². The van der Waals surface area contributed by atoms with Gasteiger partial charge < -0.3 is 10.1 Å². The summed E-state index contributed by atoms with van der Waals surface area (Å²) in [5.74, 6) is 0.957. The average Bonchev–Trinajstić information content (AvgIpc) is 2.68. The average molecular weight is 377 g/mol. The molecule has 5 nitrogen and oxygen atoms in total. The summed E-state index contributed by atoms with van der Waals surface area (Å²) < 4.78 is 18.4. The molecule has 1 atom stereocenters. The van der Waals surface area contributed by atoms with Gasteiger partial charge in [0.2, 0.25) is 5.95 Å². The Morgan fingerprint density at radius 2 is 1.75 bits per heavy atom. The molecule has 1 aliphatic rings. The number of Topliss-reactive ketones (excluding diaryl/α,β-unsaturated/α-hetero) is 1. The van der Waals surface area contributed by atoms with Crippen molar-refractivity contribution in [3.05, 3.63) is 76.9 Å². The van der Waals surface area contributed by atoms with E-state index in [0.29, 0.717) is 30.0 Å². The van der Waals surface area contributed by atoms with Gasteiger partial charge in [-0.25, -0.2) is 14.4 Å². The Labute approximate surface area is 162 Å². The van der Waals surface area contributed by atoms with Crippen LogP contribution in [0.15, 0.2) is 48.5 Å². The van der Waals surface area contributed by atoms with Gasteiger partial charge in [-0.2, -0.15) is 0 Å². The topological polar surface area (TPSA) is 64.1 Å². The first-order chi connectivity index (χ1) is 13.5. The van der Waals surface area contributed by atoms with Crippen LogP contribution in [-0.4, -0.2) is 22.9 Å². The molecular formula is C22H20FN3O2. The van der Waals surface area contributed by atoms with E-state index in [4.69, 9.17) is 4.74 Å². The monoisotopic (exact) mass is 377 g/mol. The Balaban J connectivity index is 1.63. The first-order valence-corrected chi connectivity index (χ1v) is 9.10. The minimum Gasteiger partial charge on any atom is -0.497 e. The lowest BCUT2D eigenvalue weighted by molar-refractivity contribution is 0.0962. The van der Waals surface area contributed by atoms with Crippen LogP contribution in [0.3, 0.4) is 0 Å². The normalized spacial score (nSPS) is 15.8. The summed E-state index contributed by atoms with van der Waals surface area (Å²) in [5.41, 5.74) is 3.79. The fourth-order valence-electron chi connectivity index (χ4n) is 3.60. The minimum atomic E-state index is -0.282. The van der Waals surface area contributed by atoms with Crippen molar-refractivity contribution in [3.63, 3.8) is 0 Å². The number of nitrogens with one attached hydrogen (secondary N) is 1. The molecule has 0 spiro atoms. The van der Waals surface area contributed by atoms with Gasteiger partial charge in [0, 0.05) is 12.1 Å². The number of fused-ring (bicyclic) bond motifs is 1. The molecule has 0 saturated carbocycles. The zero-order valence-corrected chi connectivity index (χ0v) is 15.7. The summed E-state index contributed by atoms with van der Waals surface area (Å²) in [6.07, 6.45) is 1.00. The molecule has 0 bridgehead atoms. The number of methoxy groups -OCH3 is 1. The maximum Gasteiger partial charge on any atom is 0.227 e. The number of benzene rings is 2. The predicted molar refractivity (Wildman–Crippen MR) is 105 cm³/mol. The second-order valence-corrected chi connectivity index (χ2v) is 6.89. The molecule has 0 fully saturated rings. The van der Waals surface area contributed by atoms with E-state index in [-0.39, 0.29) is 17.5 Å². The lowest BCUT2D eigenvalue weighted by Gasteiger charge is -2.24. The van der Waals surface area contributed by atoms with Crippen LogP contribution in [-0.2, 0) is 6.42 Å². The maximum absolute atomic E-state index is 13.2. The van der Waals surface area contributed by atoms with Crippen LogP contribution in [0, 0.1) is 12.7 Å². The van der Waals surface area contributed by atoms with E-state index in [1.165, 1.54) is 12.1 Å². The zero-order chi connectivity index (χ0) is 19.7. The third-order valence-corrected chi connectivity index (χ3v) is 5.00. The van der Waals surface area contributed by atoms with E-state index in [2.05, 4.69) is 15.3 Å². The lowest BCUT2D eigenvalue weighted by Crippen LogP contribution is -2.22. The number of anilines is 2. The van der Waals surface area contributed by atoms with Crippen LogP contribution in [0.5, 0.6) is 5.75 Å². The van der Waals surface area contributed by atoms with Gasteiger partial charge in [-0.3, -0.25) is 4.79 Å². The molecule has 0 amide bonds. The van der Waals surface area contributed by atoms with Gasteiger partial charge in [0.25, 0.3) is 0 Å². The summed E-state index contributed by atoms with van der Waals surface area (Å²) in [6.45, 7) is 1.83. The molecule has 1 N–H and O–H groups in total. The highest BCUT2D eigenvalue weighted by Gasteiger charge is 2.30. The number of hydrogen-bond acceptors (Lipinski definition) is 5. The Morgan fingerprint density at radius 1 is 1.04 bits per heavy atom. The summed E-state index contributed by atoms with van der Waals surface area (Å²) >= 11 is 0. The number of halogens is 1. The molecule has 1 aromatic heterocycles. The van der Waals surface area contributed by atoms with Gasteiger partial charge >= 0.3 is 0 Å². The largest absolute Gasteiger partial charge is 0.497 e. The molecule has 4 rings (SSSR count). The molecule has 6 heteroatoms. The van der Waals surface area contributed by atoms with E-state index in [9.17, 15) is 9.18 Å². The second kappa shape index (κ2) is 7.38. The quantitative estimate of drug-likeness (QED) is 0.720. The first-order valence-electron chi connectivity index (χ1n) is 9.10. The lowest BCUT2D eigenvalue weighted by atomic mass is 9.81. The van der Waals surface area contributed by atoms with Gasteiger partial charge in [-0.1, -0.05) is 12.1 Å². The Kier molecular flexibility index (Phi) is 4.77. The molecule has 1 aliphatic carbocycles. The number of carbonyl (C=O) groups is 1. The van der Waals surface area contributed by atoms with Crippen LogP contribution in [0.2, 0.25) is 0 Å². The second-order valence-electron chi connectivity index (χ2n) is 6.89. The molecular weight excluding hydrogens is 357 g/mol. The number of rotatable bonds is 4. The van der Waals surface area contributed by atoms with Crippen LogP contribution in [0.25, 0.3) is 0 Å². The van der Waals surface area contributed by atoms with Crippen molar-refractivity contribution in [3.8, 4) is 5.75 Å². The van der Waals surface area contributed by atoms with Gasteiger partial charge in [-0.05, 0) is 61.2 Å². The van der Waals surface area contributed by atoms with Gasteiger partial charge in [0.05, 0.1) is 24.1 Å². The number of aromatic nitrogens is 2. The molecule has 0 aliphatic heterocycles. The first kappa shape index (κ1) is 18.1. The molecule has 142 valence electrons. The Bertz CT molecular complexity index is 1020. The third-order valence-electron chi connectivity index (χ3n) is 5.00. The van der Waals surface area contributed by atoms with Crippen molar-refractivity contribution in [2.75, 3.05) is 12.4 Å². The van der Waals surface area contributed by atoms with Crippen molar-refractivity contribution in [1.29, 1.82) is 0 Å². The number of aryl methyl sites for hydroxylation is 1. The molecule has 0 saturated heterocycles. The standard InChI is InChI=1S/C22H20FN3O2/c1-13-21-19(11-15(12-20(21)27)14-3-5-16(23)6-4-14)26-22(24-13)25-17-7-9-18(28-2)10-8-17/h3-10,15H,11-12H2,1-2H3,(H,24,25,26)/t15-/m1/s1. The highest BCUT2D eigenvalue weighted by Crippen LogP contribution is 2.33. The van der Waals surface area contributed by atoms with Crippen LogP contribution in [0.4, 0.5) is 16.0 Å². The highest BCUT2D eigenvalue weighted by atomic mass is 19.1. The number of nitrogens with zero attached hydrogens (tertiary/aromatic N) is 2. The van der Waals surface area contributed by atoms with E-state index in [1.807, 2.05) is 31.2 Å². The molecule has 3 aromatic rings. The molecule has 1 heterocycles. The molecule has 0 radical (unpaired) electrons. The molecule has 2 aromatic carbocycles. The summed E-state index contributed by atoms with van der Waals surface area (Å²) in [7, 11) is 1.62. The van der Waals surface area contributed by atoms with Crippen LogP contribution >= 0.6 is 0 Å².